The number of hydrogen-bond donors (Lipinski definition) is 1. The molecule has 0 amide bonds. The summed E-state index contributed by atoms with van der Waals surface area (Å²) in [7, 11) is 0. The molecule has 0 aliphatic carbocycles. The summed E-state index contributed by atoms with van der Waals surface area (Å²) >= 11 is 6.07. The van der Waals surface area contributed by atoms with Crippen molar-refractivity contribution < 1.29 is 0 Å². The molecule has 0 radical (unpaired) electrons. The van der Waals surface area contributed by atoms with Crippen LogP contribution in [0.1, 0.15) is 16.7 Å². The second-order valence-electron chi connectivity index (χ2n) is 4.33. The molecule has 0 aliphatic heterocycles. The molecule has 0 saturated heterocycles. The van der Waals surface area contributed by atoms with Crippen molar-refractivity contribution in [2.24, 2.45) is 5.73 Å². The first-order valence-corrected chi connectivity index (χ1v) is 6.05. The van der Waals surface area contributed by atoms with Gasteiger partial charge in [-0.15, -0.1) is 0 Å². The summed E-state index contributed by atoms with van der Waals surface area (Å²) in [5, 5.41) is 0.738. The van der Waals surface area contributed by atoms with E-state index in [1.54, 1.807) is 0 Å². The Morgan fingerprint density at radius 1 is 1.06 bits per heavy atom. The van der Waals surface area contributed by atoms with Crippen LogP contribution in [0.2, 0.25) is 5.02 Å². The Kier molecular flexibility index (Phi) is 3.51. The maximum absolute atomic E-state index is 6.07. The summed E-state index contributed by atoms with van der Waals surface area (Å²) in [5.74, 6) is 0. The van der Waals surface area contributed by atoms with E-state index in [1.165, 1.54) is 22.3 Å². The Balaban J connectivity index is 2.56. The third-order valence-electron chi connectivity index (χ3n) is 2.97. The van der Waals surface area contributed by atoms with Gasteiger partial charge in [-0.3, -0.25) is 0 Å². The summed E-state index contributed by atoms with van der Waals surface area (Å²) < 4.78 is 0. The Morgan fingerprint density at radius 3 is 2.53 bits per heavy atom. The number of nitrogens with two attached hydrogens (primary N) is 1. The van der Waals surface area contributed by atoms with Gasteiger partial charge >= 0.3 is 0 Å². The Hall–Kier alpha value is -1.31. The average Bonchev–Trinajstić information content (AvgIpc) is 2.33. The van der Waals surface area contributed by atoms with Crippen LogP contribution in [0.15, 0.2) is 36.4 Å². The van der Waals surface area contributed by atoms with Crippen molar-refractivity contribution in [1.82, 2.24) is 0 Å². The van der Waals surface area contributed by atoms with E-state index in [0.29, 0.717) is 6.54 Å². The lowest BCUT2D eigenvalue weighted by atomic mass is 9.97. The standard InChI is InChI=1S/C15H16ClN/c1-10-3-4-11(2)14(7-10)12-5-6-15(16)13(8-12)9-17/h3-8H,9,17H2,1-2H3. The van der Waals surface area contributed by atoms with Crippen LogP contribution >= 0.6 is 11.6 Å². The van der Waals surface area contributed by atoms with Gasteiger partial charge in [0.15, 0.2) is 0 Å². The van der Waals surface area contributed by atoms with E-state index in [2.05, 4.69) is 38.1 Å². The number of benzene rings is 2. The first-order valence-electron chi connectivity index (χ1n) is 5.68. The normalized spacial score (nSPS) is 10.6. The highest BCUT2D eigenvalue weighted by atomic mass is 35.5. The molecule has 2 aromatic rings. The van der Waals surface area contributed by atoms with E-state index in [0.717, 1.165) is 10.6 Å². The molecule has 0 saturated carbocycles. The van der Waals surface area contributed by atoms with E-state index in [9.17, 15) is 0 Å². The van der Waals surface area contributed by atoms with Crippen molar-refractivity contribution in [3.63, 3.8) is 0 Å². The molecule has 2 heteroatoms. The van der Waals surface area contributed by atoms with Crippen LogP contribution in [0, 0.1) is 13.8 Å². The zero-order chi connectivity index (χ0) is 12.4. The summed E-state index contributed by atoms with van der Waals surface area (Å²) in [4.78, 5) is 0. The molecule has 0 spiro atoms. The Morgan fingerprint density at radius 2 is 1.82 bits per heavy atom. The molecule has 0 aliphatic rings. The molecule has 0 atom stereocenters. The van der Waals surface area contributed by atoms with Crippen LogP contribution < -0.4 is 5.73 Å². The molecule has 0 unspecified atom stereocenters. The van der Waals surface area contributed by atoms with Gasteiger partial charge in [0.05, 0.1) is 0 Å². The number of halogens is 1. The highest BCUT2D eigenvalue weighted by molar-refractivity contribution is 6.31. The minimum Gasteiger partial charge on any atom is -0.326 e. The first kappa shape index (κ1) is 12.2. The van der Waals surface area contributed by atoms with Crippen LogP contribution in [0.4, 0.5) is 0 Å². The van der Waals surface area contributed by atoms with Gasteiger partial charge in [-0.2, -0.15) is 0 Å². The topological polar surface area (TPSA) is 26.0 Å². The van der Waals surface area contributed by atoms with Gasteiger partial charge in [-0.25, -0.2) is 0 Å². The Bertz CT molecular complexity index is 547. The average molecular weight is 246 g/mol. The number of hydrogen-bond acceptors (Lipinski definition) is 1. The van der Waals surface area contributed by atoms with Crippen molar-refractivity contribution in [2.75, 3.05) is 0 Å². The minimum atomic E-state index is 0.470. The van der Waals surface area contributed by atoms with Crippen molar-refractivity contribution in [3.05, 3.63) is 58.1 Å². The van der Waals surface area contributed by atoms with Crippen LogP contribution in [-0.4, -0.2) is 0 Å². The molecular weight excluding hydrogens is 230 g/mol. The predicted octanol–water partition coefficient (Wildman–Crippen LogP) is 4.08. The molecular formula is C15H16ClN. The highest BCUT2D eigenvalue weighted by Crippen LogP contribution is 2.28. The van der Waals surface area contributed by atoms with Crippen LogP contribution in [0.3, 0.4) is 0 Å². The van der Waals surface area contributed by atoms with E-state index in [4.69, 9.17) is 17.3 Å². The molecule has 2 N–H and O–H groups in total. The van der Waals surface area contributed by atoms with Gasteiger partial charge in [0.1, 0.15) is 0 Å². The zero-order valence-corrected chi connectivity index (χ0v) is 10.9. The molecule has 2 aromatic carbocycles. The minimum absolute atomic E-state index is 0.470. The van der Waals surface area contributed by atoms with Crippen molar-refractivity contribution in [1.29, 1.82) is 0 Å². The highest BCUT2D eigenvalue weighted by Gasteiger charge is 2.05. The number of rotatable bonds is 2. The SMILES string of the molecule is Cc1ccc(C)c(-c2ccc(Cl)c(CN)c2)c1. The monoisotopic (exact) mass is 245 g/mol. The summed E-state index contributed by atoms with van der Waals surface area (Å²) in [6, 6.07) is 12.5. The second-order valence-corrected chi connectivity index (χ2v) is 4.74. The third kappa shape index (κ3) is 2.51. The van der Waals surface area contributed by atoms with Crippen molar-refractivity contribution >= 4 is 11.6 Å². The molecule has 2 rings (SSSR count). The summed E-state index contributed by atoms with van der Waals surface area (Å²) in [6.07, 6.45) is 0. The van der Waals surface area contributed by atoms with Gasteiger partial charge in [-0.05, 0) is 48.2 Å². The quantitative estimate of drug-likeness (QED) is 0.848. The smallest absolute Gasteiger partial charge is 0.0451 e. The van der Waals surface area contributed by atoms with Crippen LogP contribution in [0.5, 0.6) is 0 Å². The van der Waals surface area contributed by atoms with E-state index < -0.39 is 0 Å². The van der Waals surface area contributed by atoms with Gasteiger partial charge in [-0.1, -0.05) is 41.4 Å². The van der Waals surface area contributed by atoms with Crippen molar-refractivity contribution in [2.45, 2.75) is 20.4 Å². The van der Waals surface area contributed by atoms with Crippen LogP contribution in [-0.2, 0) is 6.54 Å². The molecule has 0 bridgehead atoms. The molecule has 0 fully saturated rings. The maximum Gasteiger partial charge on any atom is 0.0451 e. The fourth-order valence-corrected chi connectivity index (χ4v) is 2.14. The largest absolute Gasteiger partial charge is 0.326 e. The maximum atomic E-state index is 6.07. The van der Waals surface area contributed by atoms with Gasteiger partial charge < -0.3 is 5.73 Å². The molecule has 0 aromatic heterocycles. The molecule has 17 heavy (non-hydrogen) atoms. The molecule has 88 valence electrons. The fraction of sp³-hybridized carbons (Fsp3) is 0.200. The lowest BCUT2D eigenvalue weighted by molar-refractivity contribution is 1.07. The van der Waals surface area contributed by atoms with E-state index >= 15 is 0 Å². The Labute approximate surface area is 107 Å². The van der Waals surface area contributed by atoms with Crippen LogP contribution in [0.25, 0.3) is 11.1 Å². The lowest BCUT2D eigenvalue weighted by Gasteiger charge is -2.10. The molecule has 1 nitrogen and oxygen atoms in total. The summed E-state index contributed by atoms with van der Waals surface area (Å²) in [6.45, 7) is 4.69. The fourth-order valence-electron chi connectivity index (χ4n) is 1.95. The number of aryl methyl sites for hydroxylation is 2. The first-order chi connectivity index (χ1) is 8.11. The zero-order valence-electron chi connectivity index (χ0n) is 10.1. The van der Waals surface area contributed by atoms with Gasteiger partial charge in [0.25, 0.3) is 0 Å². The van der Waals surface area contributed by atoms with E-state index in [-0.39, 0.29) is 0 Å². The molecule has 0 heterocycles. The van der Waals surface area contributed by atoms with Crippen molar-refractivity contribution in [3.8, 4) is 11.1 Å². The summed E-state index contributed by atoms with van der Waals surface area (Å²) in [5.41, 5.74) is 11.6. The lowest BCUT2D eigenvalue weighted by Crippen LogP contribution is -1.97. The van der Waals surface area contributed by atoms with E-state index in [1.807, 2.05) is 12.1 Å². The van der Waals surface area contributed by atoms with Gasteiger partial charge in [0.2, 0.25) is 0 Å². The second kappa shape index (κ2) is 4.91. The third-order valence-corrected chi connectivity index (χ3v) is 3.34. The van der Waals surface area contributed by atoms with Gasteiger partial charge in [0, 0.05) is 11.6 Å². The predicted molar refractivity (Wildman–Crippen MR) is 74.3 cm³/mol.